The average molecular weight is 344 g/mol. The largest absolute Gasteiger partial charge is 0.482 e. The lowest BCUT2D eigenvalue weighted by molar-refractivity contribution is -0.118. The van der Waals surface area contributed by atoms with Gasteiger partial charge in [0.15, 0.2) is 6.61 Å². The molecule has 0 bridgehead atoms. The maximum Gasteiger partial charge on any atom is 0.262 e. The predicted molar refractivity (Wildman–Crippen MR) is 93.4 cm³/mol. The first-order valence-corrected chi connectivity index (χ1v) is 8.57. The van der Waals surface area contributed by atoms with Crippen LogP contribution in [0.4, 0.5) is 5.69 Å². The highest BCUT2D eigenvalue weighted by molar-refractivity contribution is 5.95. The molecule has 3 rings (SSSR count). The summed E-state index contributed by atoms with van der Waals surface area (Å²) in [5, 5.41) is 14.5. The number of hydrogen-bond donors (Lipinski definition) is 2. The minimum Gasteiger partial charge on any atom is -0.482 e. The molecule has 0 spiro atoms. The number of benzene rings is 1. The molecule has 2 atom stereocenters. The smallest absolute Gasteiger partial charge is 0.262 e. The molecule has 0 saturated carbocycles. The molecule has 1 aromatic heterocycles. The van der Waals surface area contributed by atoms with Crippen LogP contribution in [0.5, 0.6) is 5.75 Å². The Kier molecular flexibility index (Phi) is 5.03. The van der Waals surface area contributed by atoms with Crippen LogP contribution in [0.15, 0.2) is 22.6 Å². The van der Waals surface area contributed by atoms with Gasteiger partial charge in [0.1, 0.15) is 5.75 Å². The Balaban J connectivity index is 1.67. The van der Waals surface area contributed by atoms with E-state index in [0.717, 1.165) is 12.0 Å². The minimum atomic E-state index is -0.137. The van der Waals surface area contributed by atoms with E-state index in [9.17, 15) is 4.79 Å². The van der Waals surface area contributed by atoms with Crippen molar-refractivity contribution in [3.8, 4) is 5.75 Å². The third-order valence-corrected chi connectivity index (χ3v) is 4.07. The second-order valence-corrected chi connectivity index (χ2v) is 6.83. The zero-order valence-corrected chi connectivity index (χ0v) is 15.0. The van der Waals surface area contributed by atoms with E-state index >= 15 is 0 Å². The molecule has 1 aliphatic rings. The third kappa shape index (κ3) is 4.17. The molecule has 0 fully saturated rings. The van der Waals surface area contributed by atoms with E-state index in [0.29, 0.717) is 29.1 Å². The van der Waals surface area contributed by atoms with Crippen LogP contribution in [-0.2, 0) is 11.2 Å². The van der Waals surface area contributed by atoms with Crippen LogP contribution in [0.2, 0.25) is 0 Å². The van der Waals surface area contributed by atoms with Crippen molar-refractivity contribution < 1.29 is 13.9 Å². The third-order valence-electron chi connectivity index (χ3n) is 4.07. The minimum absolute atomic E-state index is 0.0413. The summed E-state index contributed by atoms with van der Waals surface area (Å²) in [6.07, 6.45) is 0.778. The number of fused-ring (bicyclic) bond motifs is 1. The van der Waals surface area contributed by atoms with E-state index in [1.807, 2.05) is 25.1 Å². The van der Waals surface area contributed by atoms with Crippen molar-refractivity contribution >= 4 is 11.6 Å². The first-order valence-electron chi connectivity index (χ1n) is 8.57. The van der Waals surface area contributed by atoms with Gasteiger partial charge in [-0.05, 0) is 37.5 Å². The summed E-state index contributed by atoms with van der Waals surface area (Å²) in [7, 11) is 0. The summed E-state index contributed by atoms with van der Waals surface area (Å²) in [5.74, 6) is 2.28. The second-order valence-electron chi connectivity index (χ2n) is 6.83. The zero-order valence-electron chi connectivity index (χ0n) is 15.0. The Morgan fingerprint density at radius 3 is 2.76 bits per heavy atom. The van der Waals surface area contributed by atoms with Crippen LogP contribution < -0.4 is 15.4 Å². The Labute approximate surface area is 147 Å². The Bertz CT molecular complexity index is 757. The highest BCUT2D eigenvalue weighted by Gasteiger charge is 2.20. The maximum absolute atomic E-state index is 11.5. The van der Waals surface area contributed by atoms with Gasteiger partial charge in [-0.25, -0.2) is 0 Å². The summed E-state index contributed by atoms with van der Waals surface area (Å²) in [6, 6.07) is 5.75. The number of ether oxygens (including phenoxy) is 1. The summed E-state index contributed by atoms with van der Waals surface area (Å²) >= 11 is 0. The number of hydrogen-bond acceptors (Lipinski definition) is 6. The van der Waals surface area contributed by atoms with Crippen molar-refractivity contribution in [2.75, 3.05) is 11.9 Å². The molecule has 0 radical (unpaired) electrons. The van der Waals surface area contributed by atoms with Crippen molar-refractivity contribution in [3.63, 3.8) is 0 Å². The maximum atomic E-state index is 11.5. The van der Waals surface area contributed by atoms with Crippen LogP contribution in [0.3, 0.4) is 0 Å². The van der Waals surface area contributed by atoms with Crippen molar-refractivity contribution in [2.24, 2.45) is 5.92 Å². The van der Waals surface area contributed by atoms with Gasteiger partial charge in [0, 0.05) is 12.5 Å². The summed E-state index contributed by atoms with van der Waals surface area (Å²) < 4.78 is 11.1. The van der Waals surface area contributed by atoms with Gasteiger partial charge in [-0.1, -0.05) is 19.9 Å². The van der Waals surface area contributed by atoms with Gasteiger partial charge >= 0.3 is 0 Å². The molecule has 134 valence electrons. The lowest BCUT2D eigenvalue weighted by Gasteiger charge is -2.22. The monoisotopic (exact) mass is 344 g/mol. The summed E-state index contributed by atoms with van der Waals surface area (Å²) in [5.41, 5.74) is 1.74. The van der Waals surface area contributed by atoms with Crippen LogP contribution in [0.1, 0.15) is 57.1 Å². The lowest BCUT2D eigenvalue weighted by atomic mass is 10.1. The fraction of sp³-hybridized carbons (Fsp3) is 0.500. The quantitative estimate of drug-likeness (QED) is 0.837. The van der Waals surface area contributed by atoms with E-state index in [1.54, 1.807) is 0 Å². The van der Waals surface area contributed by atoms with Gasteiger partial charge in [-0.3, -0.25) is 10.1 Å². The van der Waals surface area contributed by atoms with Gasteiger partial charge in [-0.15, -0.1) is 10.2 Å². The predicted octanol–water partition coefficient (Wildman–Crippen LogP) is 3.01. The fourth-order valence-electron chi connectivity index (χ4n) is 2.79. The molecule has 0 saturated heterocycles. The Morgan fingerprint density at radius 2 is 2.00 bits per heavy atom. The molecule has 1 amide bonds. The van der Waals surface area contributed by atoms with Crippen molar-refractivity contribution in [3.05, 3.63) is 35.5 Å². The molecule has 0 aliphatic carbocycles. The van der Waals surface area contributed by atoms with Crippen molar-refractivity contribution in [1.29, 1.82) is 0 Å². The molecule has 2 heterocycles. The molecule has 7 heteroatoms. The standard InChI is InChI=1S/C18H24N4O3/c1-10(2)7-17-21-22-18(25-17)12(4)19-11(3)13-5-6-15-14(8-13)20-16(23)9-24-15/h5-6,8,10-12,19H,7,9H2,1-4H3,(H,20,23)/t11-,12-/m1/s1. The van der Waals surface area contributed by atoms with Gasteiger partial charge in [-0.2, -0.15) is 0 Å². The molecule has 25 heavy (non-hydrogen) atoms. The summed E-state index contributed by atoms with van der Waals surface area (Å²) in [4.78, 5) is 11.5. The van der Waals surface area contributed by atoms with E-state index in [1.165, 1.54) is 0 Å². The van der Waals surface area contributed by atoms with E-state index < -0.39 is 0 Å². The molecular weight excluding hydrogens is 320 g/mol. The highest BCUT2D eigenvalue weighted by Crippen LogP contribution is 2.31. The molecule has 1 aliphatic heterocycles. The first-order chi connectivity index (χ1) is 11.9. The SMILES string of the molecule is CC(C)Cc1nnc([C@@H](C)N[C@H](C)c2ccc3c(c2)NC(=O)CO3)o1. The van der Waals surface area contributed by atoms with Gasteiger partial charge < -0.3 is 14.5 Å². The normalized spacial score (nSPS) is 16.1. The Hall–Kier alpha value is -2.41. The van der Waals surface area contributed by atoms with Crippen molar-refractivity contribution in [1.82, 2.24) is 15.5 Å². The fourth-order valence-corrected chi connectivity index (χ4v) is 2.79. The lowest BCUT2D eigenvalue weighted by Crippen LogP contribution is -2.26. The number of carbonyl (C=O) groups excluding carboxylic acids is 1. The Morgan fingerprint density at radius 1 is 1.20 bits per heavy atom. The van der Waals surface area contributed by atoms with Gasteiger partial charge in [0.05, 0.1) is 11.7 Å². The number of aromatic nitrogens is 2. The molecule has 0 unspecified atom stereocenters. The van der Waals surface area contributed by atoms with Crippen molar-refractivity contribution in [2.45, 2.75) is 46.2 Å². The number of nitrogens with one attached hydrogen (secondary N) is 2. The van der Waals surface area contributed by atoms with Crippen LogP contribution >= 0.6 is 0 Å². The molecule has 2 aromatic rings. The van der Waals surface area contributed by atoms with Crippen LogP contribution in [-0.4, -0.2) is 22.7 Å². The first kappa shape index (κ1) is 17.4. The number of nitrogens with zero attached hydrogens (tertiary/aromatic N) is 2. The van der Waals surface area contributed by atoms with E-state index in [4.69, 9.17) is 9.15 Å². The number of rotatable bonds is 6. The molecule has 2 N–H and O–H groups in total. The highest BCUT2D eigenvalue weighted by atomic mass is 16.5. The average Bonchev–Trinajstić information content (AvgIpc) is 3.01. The second kappa shape index (κ2) is 7.23. The summed E-state index contributed by atoms with van der Waals surface area (Å²) in [6.45, 7) is 8.34. The van der Waals surface area contributed by atoms with E-state index in [2.05, 4.69) is 41.6 Å². The van der Waals surface area contributed by atoms with Crippen LogP contribution in [0.25, 0.3) is 0 Å². The molecule has 1 aromatic carbocycles. The van der Waals surface area contributed by atoms with E-state index in [-0.39, 0.29) is 24.6 Å². The van der Waals surface area contributed by atoms with Gasteiger partial charge in [0.25, 0.3) is 5.91 Å². The number of amides is 1. The number of carbonyl (C=O) groups is 1. The topological polar surface area (TPSA) is 89.3 Å². The molecule has 7 nitrogen and oxygen atoms in total. The molecular formula is C18H24N4O3. The van der Waals surface area contributed by atoms with Crippen LogP contribution in [0, 0.1) is 5.92 Å². The number of anilines is 1. The zero-order chi connectivity index (χ0) is 18.0. The van der Waals surface area contributed by atoms with Gasteiger partial charge in [0.2, 0.25) is 11.8 Å².